The fourth-order valence-corrected chi connectivity index (χ4v) is 3.50. The minimum absolute atomic E-state index is 0.0598. The number of para-hydroxylation sites is 1. The Hall–Kier alpha value is -2.43. The number of benzene rings is 3. The van der Waals surface area contributed by atoms with Crippen LogP contribution in [0.5, 0.6) is 0 Å². The lowest BCUT2D eigenvalue weighted by Gasteiger charge is -2.05. The molecule has 25 heavy (non-hydrogen) atoms. The van der Waals surface area contributed by atoms with Crippen LogP contribution in [-0.4, -0.2) is 11.7 Å². The zero-order chi connectivity index (χ0) is 17.2. The Morgan fingerprint density at radius 2 is 1.72 bits per heavy atom. The van der Waals surface area contributed by atoms with E-state index in [0.717, 1.165) is 32.5 Å². The minimum Gasteiger partial charge on any atom is -0.456 e. The molecular formula is C20H14ClNO2S. The first-order chi connectivity index (χ1) is 12.2. The molecule has 0 aliphatic carbocycles. The van der Waals surface area contributed by atoms with E-state index in [1.54, 1.807) is 0 Å². The number of furan rings is 1. The number of rotatable bonds is 4. The Balaban J connectivity index is 1.47. The number of hydrogen-bond acceptors (Lipinski definition) is 3. The minimum atomic E-state index is -0.0598. The Morgan fingerprint density at radius 3 is 2.56 bits per heavy atom. The van der Waals surface area contributed by atoms with Crippen molar-refractivity contribution in [3.63, 3.8) is 0 Å². The van der Waals surface area contributed by atoms with Crippen molar-refractivity contribution in [3.05, 3.63) is 71.8 Å². The van der Waals surface area contributed by atoms with Crippen molar-refractivity contribution in [2.24, 2.45) is 0 Å². The first kappa shape index (κ1) is 16.1. The summed E-state index contributed by atoms with van der Waals surface area (Å²) in [6.07, 6.45) is 0. The van der Waals surface area contributed by atoms with Crippen LogP contribution in [0.25, 0.3) is 21.9 Å². The summed E-state index contributed by atoms with van der Waals surface area (Å²) < 4.78 is 5.85. The standard InChI is InChI=1S/C20H14ClNO2S/c21-13-5-8-15(9-6-13)25-12-20(23)22-14-7-10-17-16-3-1-2-4-18(16)24-19(17)11-14/h1-11H,12H2,(H,22,23). The van der Waals surface area contributed by atoms with Crippen LogP contribution in [0.3, 0.4) is 0 Å². The lowest BCUT2D eigenvalue weighted by Crippen LogP contribution is -2.13. The van der Waals surface area contributed by atoms with Crippen LogP contribution in [0, 0.1) is 0 Å². The van der Waals surface area contributed by atoms with Crippen LogP contribution >= 0.6 is 23.4 Å². The Kier molecular flexibility index (Phi) is 4.38. The van der Waals surface area contributed by atoms with Gasteiger partial charge in [-0.05, 0) is 42.5 Å². The van der Waals surface area contributed by atoms with E-state index in [1.807, 2.05) is 66.7 Å². The molecule has 3 nitrogen and oxygen atoms in total. The summed E-state index contributed by atoms with van der Waals surface area (Å²) in [5.41, 5.74) is 2.34. The van der Waals surface area contributed by atoms with Gasteiger partial charge in [0.1, 0.15) is 11.2 Å². The van der Waals surface area contributed by atoms with E-state index in [0.29, 0.717) is 10.8 Å². The average Bonchev–Trinajstić information content (AvgIpc) is 2.99. The van der Waals surface area contributed by atoms with Crippen molar-refractivity contribution in [1.29, 1.82) is 0 Å². The zero-order valence-corrected chi connectivity index (χ0v) is 14.7. The number of carbonyl (C=O) groups is 1. The number of amides is 1. The molecule has 1 aromatic heterocycles. The smallest absolute Gasteiger partial charge is 0.234 e. The van der Waals surface area contributed by atoms with Gasteiger partial charge in [-0.15, -0.1) is 11.8 Å². The third-order valence-electron chi connectivity index (χ3n) is 3.85. The Labute approximate surface area is 154 Å². The summed E-state index contributed by atoms with van der Waals surface area (Å²) >= 11 is 7.33. The molecule has 1 heterocycles. The van der Waals surface area contributed by atoms with E-state index in [-0.39, 0.29) is 5.91 Å². The number of hydrogen-bond donors (Lipinski definition) is 1. The maximum atomic E-state index is 12.2. The van der Waals surface area contributed by atoms with Crippen LogP contribution < -0.4 is 5.32 Å². The first-order valence-electron chi connectivity index (χ1n) is 7.78. The van der Waals surface area contributed by atoms with Crippen molar-refractivity contribution in [2.75, 3.05) is 11.1 Å². The van der Waals surface area contributed by atoms with E-state index in [4.69, 9.17) is 16.0 Å². The van der Waals surface area contributed by atoms with Gasteiger partial charge in [-0.3, -0.25) is 4.79 Å². The van der Waals surface area contributed by atoms with E-state index < -0.39 is 0 Å². The highest BCUT2D eigenvalue weighted by molar-refractivity contribution is 8.00. The number of nitrogens with one attached hydrogen (secondary N) is 1. The van der Waals surface area contributed by atoms with Crippen molar-refractivity contribution < 1.29 is 9.21 Å². The van der Waals surface area contributed by atoms with Crippen LogP contribution in [0.1, 0.15) is 0 Å². The van der Waals surface area contributed by atoms with Crippen LogP contribution in [0.2, 0.25) is 5.02 Å². The summed E-state index contributed by atoms with van der Waals surface area (Å²) in [5, 5.41) is 5.73. The normalized spacial score (nSPS) is 11.1. The second-order valence-corrected chi connectivity index (χ2v) is 7.09. The van der Waals surface area contributed by atoms with Crippen LogP contribution in [-0.2, 0) is 4.79 Å². The van der Waals surface area contributed by atoms with Gasteiger partial charge in [0.2, 0.25) is 5.91 Å². The summed E-state index contributed by atoms with van der Waals surface area (Å²) in [5.74, 6) is 0.273. The molecule has 0 radical (unpaired) electrons. The highest BCUT2D eigenvalue weighted by atomic mass is 35.5. The molecule has 0 aliphatic rings. The van der Waals surface area contributed by atoms with Gasteiger partial charge in [0.05, 0.1) is 5.75 Å². The lowest BCUT2D eigenvalue weighted by atomic mass is 10.1. The molecule has 0 atom stereocenters. The largest absolute Gasteiger partial charge is 0.456 e. The number of fused-ring (bicyclic) bond motifs is 3. The molecule has 0 bridgehead atoms. The maximum Gasteiger partial charge on any atom is 0.234 e. The molecule has 4 rings (SSSR count). The van der Waals surface area contributed by atoms with Crippen LogP contribution in [0.15, 0.2) is 76.0 Å². The van der Waals surface area contributed by atoms with Crippen molar-refractivity contribution in [3.8, 4) is 0 Å². The third kappa shape index (κ3) is 3.50. The van der Waals surface area contributed by atoms with Gasteiger partial charge in [0.25, 0.3) is 0 Å². The van der Waals surface area contributed by atoms with Crippen molar-refractivity contribution in [2.45, 2.75) is 4.90 Å². The molecule has 0 aliphatic heterocycles. The topological polar surface area (TPSA) is 42.2 Å². The van der Waals surface area contributed by atoms with Gasteiger partial charge in [0, 0.05) is 32.4 Å². The van der Waals surface area contributed by atoms with E-state index in [2.05, 4.69) is 5.32 Å². The molecule has 3 aromatic carbocycles. The molecule has 1 N–H and O–H groups in total. The Morgan fingerprint density at radius 1 is 0.960 bits per heavy atom. The van der Waals surface area contributed by atoms with Gasteiger partial charge >= 0.3 is 0 Å². The summed E-state index contributed by atoms with van der Waals surface area (Å²) in [6, 6.07) is 21.1. The number of halogens is 1. The van der Waals surface area contributed by atoms with Crippen molar-refractivity contribution in [1.82, 2.24) is 0 Å². The van der Waals surface area contributed by atoms with Crippen LogP contribution in [0.4, 0.5) is 5.69 Å². The Bertz CT molecular complexity index is 1060. The fourth-order valence-electron chi connectivity index (χ4n) is 2.68. The highest BCUT2D eigenvalue weighted by Gasteiger charge is 2.09. The van der Waals surface area contributed by atoms with Gasteiger partial charge in [-0.1, -0.05) is 29.8 Å². The maximum absolute atomic E-state index is 12.2. The molecule has 0 fully saturated rings. The van der Waals surface area contributed by atoms with Gasteiger partial charge in [-0.25, -0.2) is 0 Å². The second kappa shape index (κ2) is 6.82. The zero-order valence-electron chi connectivity index (χ0n) is 13.2. The predicted octanol–water partition coefficient (Wildman–Crippen LogP) is 5.97. The monoisotopic (exact) mass is 367 g/mol. The number of carbonyl (C=O) groups excluding carboxylic acids is 1. The first-order valence-corrected chi connectivity index (χ1v) is 9.15. The van der Waals surface area contributed by atoms with Gasteiger partial charge in [0.15, 0.2) is 0 Å². The second-order valence-electron chi connectivity index (χ2n) is 5.60. The summed E-state index contributed by atoms with van der Waals surface area (Å²) in [6.45, 7) is 0. The highest BCUT2D eigenvalue weighted by Crippen LogP contribution is 2.30. The summed E-state index contributed by atoms with van der Waals surface area (Å²) in [4.78, 5) is 13.2. The quantitative estimate of drug-likeness (QED) is 0.452. The average molecular weight is 368 g/mol. The molecule has 0 unspecified atom stereocenters. The summed E-state index contributed by atoms with van der Waals surface area (Å²) in [7, 11) is 0. The number of thioether (sulfide) groups is 1. The van der Waals surface area contributed by atoms with E-state index in [1.165, 1.54) is 11.8 Å². The van der Waals surface area contributed by atoms with E-state index in [9.17, 15) is 4.79 Å². The third-order valence-corrected chi connectivity index (χ3v) is 5.11. The molecule has 0 spiro atoms. The van der Waals surface area contributed by atoms with Crippen molar-refractivity contribution >= 4 is 56.9 Å². The van der Waals surface area contributed by atoms with E-state index >= 15 is 0 Å². The SMILES string of the molecule is O=C(CSc1ccc(Cl)cc1)Nc1ccc2c(c1)oc1ccccc12. The fraction of sp³-hybridized carbons (Fsp3) is 0.0500. The molecular weight excluding hydrogens is 354 g/mol. The molecule has 5 heteroatoms. The molecule has 0 saturated carbocycles. The molecule has 124 valence electrons. The lowest BCUT2D eigenvalue weighted by molar-refractivity contribution is -0.113. The van der Waals surface area contributed by atoms with Gasteiger partial charge < -0.3 is 9.73 Å². The molecule has 1 amide bonds. The number of anilines is 1. The predicted molar refractivity (Wildman–Crippen MR) is 105 cm³/mol. The molecule has 4 aromatic rings. The molecule has 0 saturated heterocycles. The van der Waals surface area contributed by atoms with Gasteiger partial charge in [-0.2, -0.15) is 0 Å².